The summed E-state index contributed by atoms with van der Waals surface area (Å²) < 4.78 is 9.35. The third-order valence-corrected chi connectivity index (χ3v) is 4.85. The Labute approximate surface area is 100 Å². The minimum Gasteiger partial charge on any atom is -0.495 e. The summed E-state index contributed by atoms with van der Waals surface area (Å²) in [6, 6.07) is 0. The fourth-order valence-corrected chi connectivity index (χ4v) is 3.31. The van der Waals surface area contributed by atoms with Crippen molar-refractivity contribution in [3.8, 4) is 0 Å². The first kappa shape index (κ1) is 10.6. The maximum atomic E-state index is 5.99. The number of nitrogens with zero attached hydrogens (tertiary/aromatic N) is 1. The number of ether oxygens (including phenoxy) is 1. The Kier molecular flexibility index (Phi) is 3.27. The summed E-state index contributed by atoms with van der Waals surface area (Å²) in [5.74, 6) is 0.818. The zero-order valence-corrected chi connectivity index (χ0v) is 10.4. The topological polar surface area (TPSA) is 22.1 Å². The average molecular weight is 267 g/mol. The Bertz CT molecular complexity index is 377. The monoisotopic (exact) mass is 266 g/mol. The lowest BCUT2D eigenvalue weighted by molar-refractivity contribution is 0.211. The molecule has 0 bridgehead atoms. The van der Waals surface area contributed by atoms with Gasteiger partial charge in [-0.05, 0) is 18.5 Å². The van der Waals surface area contributed by atoms with Gasteiger partial charge in [-0.1, -0.05) is 23.2 Å². The zero-order chi connectivity index (χ0) is 10.1. The number of hydrogen-bond acceptors (Lipinski definition) is 4. The van der Waals surface area contributed by atoms with Gasteiger partial charge in [0.05, 0.1) is 20.6 Å². The normalized spacial score (nSPS) is 21.6. The molecular formula is C8H6Cl2NOS2. The third kappa shape index (κ3) is 2.03. The quantitative estimate of drug-likeness (QED) is 0.770. The van der Waals surface area contributed by atoms with Crippen LogP contribution in [0.4, 0.5) is 0 Å². The maximum absolute atomic E-state index is 5.99. The van der Waals surface area contributed by atoms with Crippen LogP contribution in [0.2, 0.25) is 10.2 Å². The van der Waals surface area contributed by atoms with Gasteiger partial charge in [0.2, 0.25) is 0 Å². The maximum Gasteiger partial charge on any atom is 0.161 e. The van der Waals surface area contributed by atoms with E-state index in [1.807, 2.05) is 6.92 Å². The lowest BCUT2D eigenvalue weighted by Gasteiger charge is -2.19. The summed E-state index contributed by atoms with van der Waals surface area (Å²) in [4.78, 5) is 0.960. The van der Waals surface area contributed by atoms with E-state index in [2.05, 4.69) is 9.78 Å². The van der Waals surface area contributed by atoms with Crippen molar-refractivity contribution >= 4 is 46.5 Å². The fraction of sp³-hybridized carbons (Fsp3) is 0.375. The number of allylic oxidation sites excluding steroid dienone is 1. The standard InChI is InChI=1S/C8H6Cl2NOS2/c1-4-3-13-5(2-12-4)7-6(9)8(10)11-14-7/h5H,2H2,1H3. The van der Waals surface area contributed by atoms with E-state index in [0.717, 1.165) is 10.6 Å². The van der Waals surface area contributed by atoms with Crippen LogP contribution in [0.5, 0.6) is 0 Å². The van der Waals surface area contributed by atoms with Crippen LogP contribution in [0.15, 0.2) is 5.76 Å². The molecule has 1 aromatic heterocycles. The van der Waals surface area contributed by atoms with Gasteiger partial charge in [-0.25, -0.2) is 0 Å². The zero-order valence-electron chi connectivity index (χ0n) is 7.21. The Morgan fingerprint density at radius 1 is 1.57 bits per heavy atom. The van der Waals surface area contributed by atoms with Gasteiger partial charge in [0.15, 0.2) is 5.15 Å². The van der Waals surface area contributed by atoms with Gasteiger partial charge in [-0.15, -0.1) is 11.8 Å². The van der Waals surface area contributed by atoms with Crippen LogP contribution in [0.25, 0.3) is 0 Å². The lowest BCUT2D eigenvalue weighted by atomic mass is 10.3. The predicted octanol–water partition coefficient (Wildman–Crippen LogP) is 3.92. The van der Waals surface area contributed by atoms with Crippen LogP contribution in [-0.2, 0) is 4.74 Å². The number of hydrogen-bond donors (Lipinski definition) is 0. The van der Waals surface area contributed by atoms with Crippen LogP contribution in [0, 0.1) is 5.41 Å². The van der Waals surface area contributed by atoms with E-state index >= 15 is 0 Å². The molecule has 2 heterocycles. The van der Waals surface area contributed by atoms with E-state index in [4.69, 9.17) is 27.9 Å². The molecule has 1 radical (unpaired) electrons. The van der Waals surface area contributed by atoms with Crippen molar-refractivity contribution in [2.45, 2.75) is 12.2 Å². The summed E-state index contributed by atoms with van der Waals surface area (Å²) >= 11 is 14.6. The molecule has 0 aliphatic carbocycles. The second-order valence-electron chi connectivity index (χ2n) is 2.73. The molecule has 0 saturated carbocycles. The van der Waals surface area contributed by atoms with E-state index in [1.54, 1.807) is 11.8 Å². The van der Waals surface area contributed by atoms with Crippen molar-refractivity contribution in [2.75, 3.05) is 6.61 Å². The highest BCUT2D eigenvalue weighted by molar-refractivity contribution is 8.01. The lowest BCUT2D eigenvalue weighted by Crippen LogP contribution is -2.06. The largest absolute Gasteiger partial charge is 0.495 e. The molecule has 1 aromatic rings. The molecule has 1 aliphatic heterocycles. The molecule has 2 nitrogen and oxygen atoms in total. The van der Waals surface area contributed by atoms with Crippen molar-refractivity contribution in [1.29, 1.82) is 0 Å². The Morgan fingerprint density at radius 3 is 2.86 bits per heavy atom. The van der Waals surface area contributed by atoms with Crippen LogP contribution in [0.1, 0.15) is 17.1 Å². The second-order valence-corrected chi connectivity index (χ2v) is 5.28. The first-order valence-electron chi connectivity index (χ1n) is 3.87. The molecule has 0 saturated heterocycles. The highest BCUT2D eigenvalue weighted by Gasteiger charge is 2.23. The van der Waals surface area contributed by atoms with Gasteiger partial charge in [-0.2, -0.15) is 4.37 Å². The van der Waals surface area contributed by atoms with Gasteiger partial charge >= 0.3 is 0 Å². The van der Waals surface area contributed by atoms with E-state index < -0.39 is 0 Å². The highest BCUT2D eigenvalue weighted by Crippen LogP contribution is 2.42. The molecule has 0 fully saturated rings. The summed E-state index contributed by atoms with van der Waals surface area (Å²) in [5, 5.41) is 4.13. The first-order chi connectivity index (χ1) is 6.68. The van der Waals surface area contributed by atoms with E-state index in [0.29, 0.717) is 16.8 Å². The van der Waals surface area contributed by atoms with Crippen LogP contribution < -0.4 is 0 Å². The van der Waals surface area contributed by atoms with Gasteiger partial charge in [0.1, 0.15) is 12.4 Å². The molecule has 2 rings (SSSR count). The molecule has 1 atom stereocenters. The summed E-state index contributed by atoms with van der Waals surface area (Å²) in [6.07, 6.45) is 0. The average Bonchev–Trinajstić information content (AvgIpc) is 2.50. The molecule has 1 unspecified atom stereocenters. The summed E-state index contributed by atoms with van der Waals surface area (Å²) in [6.45, 7) is 2.48. The minimum atomic E-state index is 0.163. The molecule has 75 valence electrons. The molecule has 1 aliphatic rings. The molecule has 0 amide bonds. The summed E-state index contributed by atoms with van der Waals surface area (Å²) in [5.41, 5.74) is 0. The minimum absolute atomic E-state index is 0.163. The van der Waals surface area contributed by atoms with Gasteiger partial charge in [0, 0.05) is 0 Å². The van der Waals surface area contributed by atoms with Crippen LogP contribution >= 0.6 is 46.5 Å². The molecule has 6 heteroatoms. The molecule has 0 aromatic carbocycles. The summed E-state index contributed by atoms with van der Waals surface area (Å²) in [7, 11) is 0. The predicted molar refractivity (Wildman–Crippen MR) is 60.8 cm³/mol. The van der Waals surface area contributed by atoms with Crippen LogP contribution in [-0.4, -0.2) is 11.0 Å². The number of aromatic nitrogens is 1. The highest BCUT2D eigenvalue weighted by atomic mass is 35.5. The van der Waals surface area contributed by atoms with E-state index in [-0.39, 0.29) is 5.25 Å². The molecular weight excluding hydrogens is 261 g/mol. The van der Waals surface area contributed by atoms with Crippen molar-refractivity contribution in [3.63, 3.8) is 0 Å². The Balaban J connectivity index is 2.21. The van der Waals surface area contributed by atoms with Gasteiger partial charge < -0.3 is 4.74 Å². The van der Waals surface area contributed by atoms with E-state index in [9.17, 15) is 0 Å². The fourth-order valence-electron chi connectivity index (χ4n) is 1.02. The molecule has 0 spiro atoms. The van der Waals surface area contributed by atoms with E-state index in [1.165, 1.54) is 11.5 Å². The Hall–Kier alpha value is 0.1000. The SMILES string of the molecule is CC1=[C]SC(c2snc(Cl)c2Cl)CO1. The van der Waals surface area contributed by atoms with Crippen LogP contribution in [0.3, 0.4) is 0 Å². The van der Waals surface area contributed by atoms with Crippen molar-refractivity contribution in [2.24, 2.45) is 0 Å². The second kappa shape index (κ2) is 4.31. The number of rotatable bonds is 1. The number of halogens is 2. The number of thioether (sulfide) groups is 1. The van der Waals surface area contributed by atoms with Crippen molar-refractivity contribution < 1.29 is 4.74 Å². The smallest absolute Gasteiger partial charge is 0.161 e. The van der Waals surface area contributed by atoms with Gasteiger partial charge in [0.25, 0.3) is 0 Å². The van der Waals surface area contributed by atoms with Crippen molar-refractivity contribution in [1.82, 2.24) is 4.37 Å². The van der Waals surface area contributed by atoms with Crippen molar-refractivity contribution in [3.05, 3.63) is 26.2 Å². The van der Waals surface area contributed by atoms with Gasteiger partial charge in [-0.3, -0.25) is 0 Å². The Morgan fingerprint density at radius 2 is 2.36 bits per heavy atom. The first-order valence-corrected chi connectivity index (χ1v) is 6.28. The third-order valence-electron chi connectivity index (χ3n) is 1.71. The molecule has 14 heavy (non-hydrogen) atoms. The molecule has 0 N–H and O–H groups in total.